The molecule has 0 spiro atoms. The van der Waals surface area contributed by atoms with Crippen molar-refractivity contribution in [1.29, 1.82) is 0 Å². The van der Waals surface area contributed by atoms with Gasteiger partial charge in [0.15, 0.2) is 0 Å². The van der Waals surface area contributed by atoms with Crippen LogP contribution in [0.15, 0.2) is 29.4 Å². The normalized spacial score (nSPS) is 14.9. The Bertz CT molecular complexity index is 667. The summed E-state index contributed by atoms with van der Waals surface area (Å²) in [5.41, 5.74) is 0.813. The molecule has 1 aliphatic carbocycles. The molecule has 1 aliphatic rings. The van der Waals surface area contributed by atoms with Crippen LogP contribution in [0.25, 0.3) is 0 Å². The lowest BCUT2D eigenvalue weighted by Crippen LogP contribution is -2.14. The number of benzene rings is 1. The van der Waals surface area contributed by atoms with E-state index in [1.807, 2.05) is 24.3 Å². The van der Waals surface area contributed by atoms with Crippen LogP contribution in [0.4, 0.5) is 5.69 Å². The molecule has 1 aromatic carbocycles. The van der Waals surface area contributed by atoms with Crippen LogP contribution in [0, 0.1) is 9.49 Å². The number of hydrogen-bond acceptors (Lipinski definition) is 4. The minimum Gasteiger partial charge on any atom is -0.325 e. The molecule has 7 heteroatoms. The van der Waals surface area contributed by atoms with E-state index in [1.165, 1.54) is 43.9 Å². The van der Waals surface area contributed by atoms with Gasteiger partial charge in [0.1, 0.15) is 5.82 Å². The fraction of sp³-hybridized carbons (Fsp3) is 0.471. The average Bonchev–Trinajstić information content (AvgIpc) is 3.25. The molecule has 0 radical (unpaired) electrons. The molecule has 24 heavy (non-hydrogen) atoms. The van der Waals surface area contributed by atoms with Gasteiger partial charge in [0, 0.05) is 15.7 Å². The third-order valence-corrected chi connectivity index (χ3v) is 5.80. The molecule has 1 fully saturated rings. The second-order valence-corrected chi connectivity index (χ2v) is 8.29. The highest BCUT2D eigenvalue weighted by Crippen LogP contribution is 2.28. The van der Waals surface area contributed by atoms with Crippen LogP contribution in [-0.2, 0) is 11.2 Å². The summed E-state index contributed by atoms with van der Waals surface area (Å²) in [4.78, 5) is 16.5. The maximum absolute atomic E-state index is 12.0. The van der Waals surface area contributed by atoms with Gasteiger partial charge >= 0.3 is 0 Å². The van der Waals surface area contributed by atoms with Gasteiger partial charge in [0.05, 0.1) is 5.75 Å². The predicted octanol–water partition coefficient (Wildman–Crippen LogP) is 4.26. The summed E-state index contributed by atoms with van der Waals surface area (Å²) in [5, 5.41) is 10.7. The van der Waals surface area contributed by atoms with Crippen molar-refractivity contribution in [2.45, 2.75) is 43.7 Å². The molecule has 0 bridgehead atoms. The summed E-state index contributed by atoms with van der Waals surface area (Å²) in [6, 6.07) is 7.74. The van der Waals surface area contributed by atoms with Crippen molar-refractivity contribution < 1.29 is 4.79 Å². The van der Waals surface area contributed by atoms with E-state index in [2.05, 4.69) is 43.1 Å². The number of aromatic amines is 1. The van der Waals surface area contributed by atoms with E-state index in [4.69, 9.17) is 0 Å². The van der Waals surface area contributed by atoms with Gasteiger partial charge in [-0.2, -0.15) is 0 Å². The second kappa shape index (κ2) is 8.84. The summed E-state index contributed by atoms with van der Waals surface area (Å²) in [6.07, 6.45) is 7.60. The standard InChI is InChI=1S/C17H21IN4OS/c18-13-6-8-14(9-7-13)19-16(23)11-24-17-20-15(21-22-17)10-5-12-3-1-2-4-12/h6-9,12H,1-5,10-11H2,(H,19,23)(H,20,21,22). The van der Waals surface area contributed by atoms with Gasteiger partial charge in [-0.05, 0) is 59.2 Å². The van der Waals surface area contributed by atoms with Gasteiger partial charge in [0.25, 0.3) is 0 Å². The van der Waals surface area contributed by atoms with Crippen LogP contribution in [0.3, 0.4) is 0 Å². The number of aromatic nitrogens is 3. The Hall–Kier alpha value is -1.09. The predicted molar refractivity (Wildman–Crippen MR) is 105 cm³/mol. The van der Waals surface area contributed by atoms with Gasteiger partial charge in [0.2, 0.25) is 11.1 Å². The van der Waals surface area contributed by atoms with Crippen LogP contribution in [0.2, 0.25) is 0 Å². The van der Waals surface area contributed by atoms with Crippen molar-refractivity contribution in [3.63, 3.8) is 0 Å². The number of aryl methyl sites for hydroxylation is 1. The lowest BCUT2D eigenvalue weighted by Gasteiger charge is -2.05. The van der Waals surface area contributed by atoms with Crippen molar-refractivity contribution >= 4 is 45.9 Å². The number of amides is 1. The molecule has 1 amide bonds. The molecule has 0 atom stereocenters. The first-order valence-electron chi connectivity index (χ1n) is 8.28. The first kappa shape index (κ1) is 17.7. The summed E-state index contributed by atoms with van der Waals surface area (Å²) in [5.74, 6) is 2.05. The average molecular weight is 456 g/mol. The van der Waals surface area contributed by atoms with E-state index in [0.717, 1.165) is 27.4 Å². The van der Waals surface area contributed by atoms with Crippen molar-refractivity contribution in [1.82, 2.24) is 15.2 Å². The quantitative estimate of drug-likeness (QED) is 0.483. The Kier molecular flexibility index (Phi) is 6.53. The number of carbonyl (C=O) groups is 1. The van der Waals surface area contributed by atoms with Crippen LogP contribution in [-0.4, -0.2) is 26.8 Å². The third kappa shape index (κ3) is 5.47. The number of hydrogen-bond donors (Lipinski definition) is 2. The van der Waals surface area contributed by atoms with Crippen molar-refractivity contribution in [2.24, 2.45) is 5.92 Å². The van der Waals surface area contributed by atoms with E-state index in [0.29, 0.717) is 10.9 Å². The van der Waals surface area contributed by atoms with Gasteiger partial charge < -0.3 is 5.32 Å². The number of nitrogens with zero attached hydrogens (tertiary/aromatic N) is 2. The molecule has 2 aromatic rings. The van der Waals surface area contributed by atoms with E-state index in [9.17, 15) is 4.79 Å². The smallest absolute Gasteiger partial charge is 0.234 e. The number of rotatable bonds is 7. The molecule has 5 nitrogen and oxygen atoms in total. The topological polar surface area (TPSA) is 70.7 Å². The van der Waals surface area contributed by atoms with Crippen LogP contribution < -0.4 is 5.32 Å². The zero-order valence-electron chi connectivity index (χ0n) is 13.4. The maximum Gasteiger partial charge on any atom is 0.234 e. The van der Waals surface area contributed by atoms with E-state index >= 15 is 0 Å². The number of thioether (sulfide) groups is 1. The number of anilines is 1. The van der Waals surface area contributed by atoms with Crippen LogP contribution >= 0.6 is 34.4 Å². The largest absolute Gasteiger partial charge is 0.325 e. The second-order valence-electron chi connectivity index (χ2n) is 6.10. The summed E-state index contributed by atoms with van der Waals surface area (Å²) in [6.45, 7) is 0. The van der Waals surface area contributed by atoms with Gasteiger partial charge in [-0.15, -0.1) is 5.10 Å². The molecule has 1 saturated carbocycles. The highest BCUT2D eigenvalue weighted by molar-refractivity contribution is 14.1. The lowest BCUT2D eigenvalue weighted by atomic mass is 10.0. The summed E-state index contributed by atoms with van der Waals surface area (Å²) in [7, 11) is 0. The number of H-pyrrole nitrogens is 1. The number of carbonyl (C=O) groups excluding carboxylic acids is 1. The number of nitrogens with one attached hydrogen (secondary N) is 2. The summed E-state index contributed by atoms with van der Waals surface area (Å²) < 4.78 is 1.14. The molecule has 1 aromatic heterocycles. The maximum atomic E-state index is 12.0. The third-order valence-electron chi connectivity index (χ3n) is 4.24. The highest BCUT2D eigenvalue weighted by Gasteiger charge is 2.16. The molecule has 0 aliphatic heterocycles. The molecule has 2 N–H and O–H groups in total. The van der Waals surface area contributed by atoms with Crippen molar-refractivity contribution in [2.75, 3.05) is 11.1 Å². The molecular weight excluding hydrogens is 435 g/mol. The zero-order valence-corrected chi connectivity index (χ0v) is 16.4. The Labute approximate surface area is 159 Å². The molecule has 128 valence electrons. The molecule has 0 unspecified atom stereocenters. The minimum atomic E-state index is -0.0430. The molecule has 1 heterocycles. The molecule has 3 rings (SSSR count). The fourth-order valence-corrected chi connectivity index (χ4v) is 3.93. The molecule has 0 saturated heterocycles. The Morgan fingerprint density at radius 1 is 1.29 bits per heavy atom. The van der Waals surface area contributed by atoms with Gasteiger partial charge in [-0.1, -0.05) is 37.4 Å². The zero-order chi connectivity index (χ0) is 16.8. The van der Waals surface area contributed by atoms with E-state index in [-0.39, 0.29) is 5.91 Å². The fourth-order valence-electron chi connectivity index (χ4n) is 2.95. The number of halogens is 1. The highest BCUT2D eigenvalue weighted by atomic mass is 127. The lowest BCUT2D eigenvalue weighted by molar-refractivity contribution is -0.113. The van der Waals surface area contributed by atoms with E-state index < -0.39 is 0 Å². The Morgan fingerprint density at radius 2 is 2.04 bits per heavy atom. The first-order chi connectivity index (χ1) is 11.7. The SMILES string of the molecule is O=C(CSc1n[nH]c(CCC2CCCC2)n1)Nc1ccc(I)cc1. The van der Waals surface area contributed by atoms with E-state index in [1.54, 1.807) is 0 Å². The van der Waals surface area contributed by atoms with Crippen LogP contribution in [0.1, 0.15) is 37.9 Å². The van der Waals surface area contributed by atoms with Gasteiger partial charge in [-0.25, -0.2) is 4.98 Å². The monoisotopic (exact) mass is 456 g/mol. The molecular formula is C17H21IN4OS. The Balaban J connectivity index is 1.41. The minimum absolute atomic E-state index is 0.0430. The van der Waals surface area contributed by atoms with Crippen molar-refractivity contribution in [3.05, 3.63) is 33.7 Å². The first-order valence-corrected chi connectivity index (χ1v) is 10.3. The van der Waals surface area contributed by atoms with Crippen LogP contribution in [0.5, 0.6) is 0 Å². The van der Waals surface area contributed by atoms with Gasteiger partial charge in [-0.3, -0.25) is 9.89 Å². The Morgan fingerprint density at radius 3 is 2.79 bits per heavy atom. The van der Waals surface area contributed by atoms with Crippen molar-refractivity contribution in [3.8, 4) is 0 Å². The summed E-state index contributed by atoms with van der Waals surface area (Å²) >= 11 is 3.60.